The molecule has 0 aromatic carbocycles. The maximum atomic E-state index is 11.3. The number of hydrogen-bond acceptors (Lipinski definition) is 3. The van der Waals surface area contributed by atoms with E-state index in [9.17, 15) is 8.42 Å². The van der Waals surface area contributed by atoms with Crippen molar-refractivity contribution in [2.24, 2.45) is 0 Å². The summed E-state index contributed by atoms with van der Waals surface area (Å²) in [5, 5.41) is 8.90. The number of nitrogens with zero attached hydrogens (tertiary/aromatic N) is 1. The van der Waals surface area contributed by atoms with E-state index in [2.05, 4.69) is 9.44 Å². The van der Waals surface area contributed by atoms with Crippen LogP contribution < -0.4 is 9.44 Å². The molecule has 0 bridgehead atoms. The Bertz CT molecular complexity index is 301. The molecule has 0 spiro atoms. The Kier molecular flexibility index (Phi) is 5.05. The molecule has 6 heteroatoms. The second-order valence-corrected chi connectivity index (χ2v) is 4.50. The lowest BCUT2D eigenvalue weighted by Crippen LogP contribution is -2.50. The van der Waals surface area contributed by atoms with Gasteiger partial charge in [-0.15, -0.1) is 0 Å². The smallest absolute Gasteiger partial charge is 0.203 e. The molecule has 0 unspecified atom stereocenters. The first-order valence-corrected chi connectivity index (χ1v) is 6.13. The molecule has 2 N–H and O–H groups in total. The summed E-state index contributed by atoms with van der Waals surface area (Å²) < 4.78 is 27.3. The molecule has 0 heterocycles. The van der Waals surface area contributed by atoms with Crippen molar-refractivity contribution < 1.29 is 8.42 Å². The molecule has 0 aliphatic rings. The molecule has 0 radical (unpaired) electrons. The highest BCUT2D eigenvalue weighted by Crippen LogP contribution is 2.14. The van der Waals surface area contributed by atoms with Gasteiger partial charge in [0.2, 0.25) is 0 Å². The van der Waals surface area contributed by atoms with Gasteiger partial charge in [0.05, 0.1) is 6.07 Å². The minimum absolute atomic E-state index is 0.310. The van der Waals surface area contributed by atoms with Crippen LogP contribution in [0.5, 0.6) is 0 Å². The summed E-state index contributed by atoms with van der Waals surface area (Å²) in [6, 6.07) is 2.00. The topological polar surface area (TPSA) is 82.0 Å². The zero-order valence-corrected chi connectivity index (χ0v) is 9.61. The molecule has 0 aliphatic heterocycles. The van der Waals surface area contributed by atoms with Crippen molar-refractivity contribution in [3.63, 3.8) is 0 Å². The van der Waals surface area contributed by atoms with Gasteiger partial charge in [-0.3, -0.25) is 0 Å². The van der Waals surface area contributed by atoms with Crippen molar-refractivity contribution in [2.45, 2.75) is 39.2 Å². The van der Waals surface area contributed by atoms with Crippen molar-refractivity contribution >= 4 is 10.2 Å². The average molecular weight is 219 g/mol. The summed E-state index contributed by atoms with van der Waals surface area (Å²) in [5.74, 6) is 0. The SMILES string of the molecule is CCNS(=O)(=O)NC(C#N)(CC)CC. The summed E-state index contributed by atoms with van der Waals surface area (Å²) in [4.78, 5) is 0. The Morgan fingerprint density at radius 1 is 1.29 bits per heavy atom. The van der Waals surface area contributed by atoms with Gasteiger partial charge in [-0.1, -0.05) is 20.8 Å². The van der Waals surface area contributed by atoms with E-state index >= 15 is 0 Å². The third-order valence-corrected chi connectivity index (χ3v) is 3.41. The van der Waals surface area contributed by atoms with Crippen LogP contribution in [0, 0.1) is 11.3 Å². The molecule has 0 fully saturated rings. The third-order valence-electron chi connectivity index (χ3n) is 2.09. The van der Waals surface area contributed by atoms with E-state index in [0.717, 1.165) is 0 Å². The van der Waals surface area contributed by atoms with Crippen molar-refractivity contribution in [1.29, 1.82) is 5.26 Å². The minimum Gasteiger partial charge on any atom is -0.203 e. The van der Waals surface area contributed by atoms with E-state index in [4.69, 9.17) is 5.26 Å². The molecule has 82 valence electrons. The van der Waals surface area contributed by atoms with Crippen molar-refractivity contribution in [1.82, 2.24) is 9.44 Å². The zero-order chi connectivity index (χ0) is 11.2. The highest BCUT2D eigenvalue weighted by Gasteiger charge is 2.30. The van der Waals surface area contributed by atoms with Crippen LogP contribution in [0.15, 0.2) is 0 Å². The fraction of sp³-hybridized carbons (Fsp3) is 0.875. The number of nitriles is 1. The van der Waals surface area contributed by atoms with Crippen LogP contribution in [-0.2, 0) is 10.2 Å². The number of nitrogens with one attached hydrogen (secondary N) is 2. The monoisotopic (exact) mass is 219 g/mol. The third kappa shape index (κ3) is 3.62. The Balaban J connectivity index is 4.71. The van der Waals surface area contributed by atoms with Crippen molar-refractivity contribution in [3.05, 3.63) is 0 Å². The minimum atomic E-state index is -3.55. The summed E-state index contributed by atoms with van der Waals surface area (Å²) >= 11 is 0. The summed E-state index contributed by atoms with van der Waals surface area (Å²) in [6.45, 7) is 5.55. The van der Waals surface area contributed by atoms with Gasteiger partial charge < -0.3 is 0 Å². The first kappa shape index (κ1) is 13.4. The van der Waals surface area contributed by atoms with Gasteiger partial charge in [0.25, 0.3) is 10.2 Å². The first-order valence-electron chi connectivity index (χ1n) is 4.65. The van der Waals surface area contributed by atoms with Crippen LogP contribution >= 0.6 is 0 Å². The van der Waals surface area contributed by atoms with Crippen LogP contribution in [0.2, 0.25) is 0 Å². The van der Waals surface area contributed by atoms with Crippen LogP contribution in [0.1, 0.15) is 33.6 Å². The van der Waals surface area contributed by atoms with Crippen LogP contribution in [-0.4, -0.2) is 20.5 Å². The van der Waals surface area contributed by atoms with E-state index in [1.807, 2.05) is 6.07 Å². The molecule has 0 saturated carbocycles. The summed E-state index contributed by atoms with van der Waals surface area (Å²) in [5.41, 5.74) is -0.985. The van der Waals surface area contributed by atoms with Crippen LogP contribution in [0.25, 0.3) is 0 Å². The van der Waals surface area contributed by atoms with E-state index in [0.29, 0.717) is 19.4 Å². The predicted molar refractivity (Wildman–Crippen MR) is 54.7 cm³/mol. The maximum absolute atomic E-state index is 11.3. The van der Waals surface area contributed by atoms with E-state index in [1.165, 1.54) is 0 Å². The average Bonchev–Trinajstić information content (AvgIpc) is 2.14. The molecule has 0 saturated heterocycles. The number of hydrogen-bond donors (Lipinski definition) is 2. The highest BCUT2D eigenvalue weighted by atomic mass is 32.2. The Morgan fingerprint density at radius 3 is 2.07 bits per heavy atom. The largest absolute Gasteiger partial charge is 0.278 e. The second-order valence-electron chi connectivity index (χ2n) is 3.00. The van der Waals surface area contributed by atoms with Crippen LogP contribution in [0.4, 0.5) is 0 Å². The van der Waals surface area contributed by atoms with Gasteiger partial charge >= 0.3 is 0 Å². The van der Waals surface area contributed by atoms with Crippen molar-refractivity contribution in [2.75, 3.05) is 6.54 Å². The summed E-state index contributed by atoms with van der Waals surface area (Å²) in [7, 11) is -3.55. The normalized spacial score (nSPS) is 12.4. The molecule has 5 nitrogen and oxygen atoms in total. The van der Waals surface area contributed by atoms with Gasteiger partial charge in [0, 0.05) is 6.54 Å². The predicted octanol–water partition coefficient (Wildman–Crippen LogP) is 0.513. The lowest BCUT2D eigenvalue weighted by atomic mass is 9.97. The molecule has 0 aromatic heterocycles. The molecule has 0 aromatic rings. The lowest BCUT2D eigenvalue weighted by Gasteiger charge is -2.24. The van der Waals surface area contributed by atoms with Gasteiger partial charge in [0.1, 0.15) is 5.54 Å². The lowest BCUT2D eigenvalue weighted by molar-refractivity contribution is 0.442. The number of rotatable bonds is 6. The second kappa shape index (κ2) is 5.29. The van der Waals surface area contributed by atoms with E-state index in [1.54, 1.807) is 20.8 Å². The first-order chi connectivity index (χ1) is 6.45. The maximum Gasteiger partial charge on any atom is 0.278 e. The van der Waals surface area contributed by atoms with Gasteiger partial charge in [-0.2, -0.15) is 18.4 Å². The van der Waals surface area contributed by atoms with Gasteiger partial charge in [-0.25, -0.2) is 4.72 Å². The molecule has 0 aliphatic carbocycles. The van der Waals surface area contributed by atoms with E-state index in [-0.39, 0.29) is 0 Å². The Labute approximate surface area is 85.7 Å². The zero-order valence-electron chi connectivity index (χ0n) is 8.79. The van der Waals surface area contributed by atoms with E-state index < -0.39 is 15.7 Å². The molecule has 0 atom stereocenters. The molecular weight excluding hydrogens is 202 g/mol. The molecule has 0 amide bonds. The fourth-order valence-electron chi connectivity index (χ4n) is 1.06. The standard InChI is InChI=1S/C8H17N3O2S/c1-4-8(5-2,7-9)11-14(12,13)10-6-3/h10-11H,4-6H2,1-3H3. The van der Waals surface area contributed by atoms with Gasteiger partial charge in [0.15, 0.2) is 0 Å². The Hall–Kier alpha value is -0.640. The highest BCUT2D eigenvalue weighted by molar-refractivity contribution is 7.87. The molecular formula is C8H17N3O2S. The quantitative estimate of drug-likeness (QED) is 0.683. The Morgan fingerprint density at radius 2 is 1.79 bits per heavy atom. The molecule has 14 heavy (non-hydrogen) atoms. The summed E-state index contributed by atoms with van der Waals surface area (Å²) in [6.07, 6.45) is 0.898. The van der Waals surface area contributed by atoms with Crippen LogP contribution in [0.3, 0.4) is 0 Å². The molecule has 0 rings (SSSR count). The van der Waals surface area contributed by atoms with Crippen molar-refractivity contribution in [3.8, 4) is 6.07 Å². The van der Waals surface area contributed by atoms with Gasteiger partial charge in [-0.05, 0) is 12.8 Å². The fourth-order valence-corrected chi connectivity index (χ4v) is 2.36.